The van der Waals surface area contributed by atoms with Gasteiger partial charge in [0.25, 0.3) is 11.7 Å². The fraction of sp³-hybridized carbons (Fsp3) is 0.120. The lowest BCUT2D eigenvalue weighted by Gasteiger charge is -2.26. The second-order valence-corrected chi connectivity index (χ2v) is 8.20. The molecule has 6 nitrogen and oxygen atoms in total. The highest BCUT2D eigenvalue weighted by atomic mass is 35.5. The van der Waals surface area contributed by atoms with Crippen molar-refractivity contribution in [3.05, 3.63) is 93.2 Å². The van der Waals surface area contributed by atoms with Crippen molar-refractivity contribution < 1.29 is 28.6 Å². The minimum atomic E-state index is -1.05. The van der Waals surface area contributed by atoms with Crippen LogP contribution in [0.15, 0.2) is 66.2 Å². The van der Waals surface area contributed by atoms with E-state index >= 15 is 0 Å². The van der Waals surface area contributed by atoms with Gasteiger partial charge in [0.15, 0.2) is 0 Å². The van der Waals surface area contributed by atoms with Gasteiger partial charge in [-0.3, -0.25) is 14.5 Å². The number of hydrogen-bond acceptors (Lipinski definition) is 5. The van der Waals surface area contributed by atoms with E-state index in [9.17, 15) is 19.1 Å². The van der Waals surface area contributed by atoms with Gasteiger partial charge in [-0.15, -0.1) is 0 Å². The van der Waals surface area contributed by atoms with Crippen LogP contribution in [0.5, 0.6) is 11.5 Å². The van der Waals surface area contributed by atoms with Crippen LogP contribution in [0.3, 0.4) is 0 Å². The van der Waals surface area contributed by atoms with Gasteiger partial charge in [-0.2, -0.15) is 0 Å². The number of ether oxygens (including phenoxy) is 2. The Morgan fingerprint density at radius 1 is 0.912 bits per heavy atom. The Labute approximate surface area is 204 Å². The molecule has 1 unspecified atom stereocenters. The number of nitrogens with zero attached hydrogens (tertiary/aromatic N) is 1. The monoisotopic (exact) mass is 501 g/mol. The zero-order valence-corrected chi connectivity index (χ0v) is 19.5. The molecule has 34 heavy (non-hydrogen) atoms. The minimum Gasteiger partial charge on any atom is -0.507 e. The van der Waals surface area contributed by atoms with Crippen LogP contribution in [0.1, 0.15) is 17.2 Å². The molecule has 1 saturated heterocycles. The average molecular weight is 502 g/mol. The Kier molecular flexibility index (Phi) is 6.50. The van der Waals surface area contributed by atoms with Crippen LogP contribution < -0.4 is 14.4 Å². The van der Waals surface area contributed by atoms with Crippen molar-refractivity contribution in [2.45, 2.75) is 6.04 Å². The van der Waals surface area contributed by atoms with Gasteiger partial charge >= 0.3 is 0 Å². The standard InChI is InChI=1S/C25H18Cl2FNO5/c1-33-15-6-3-13(4-7-15)22-21(23(30)17-12-16(34-2)8-9-18(17)26)24(31)25(32)29(22)14-5-10-20(28)19(27)11-14/h3-12,22,30H,1-2H3/b23-21+. The predicted molar refractivity (Wildman–Crippen MR) is 127 cm³/mol. The third kappa shape index (κ3) is 4.08. The number of benzene rings is 3. The topological polar surface area (TPSA) is 76.1 Å². The van der Waals surface area contributed by atoms with Crippen LogP contribution in [0.25, 0.3) is 5.76 Å². The number of halogens is 3. The van der Waals surface area contributed by atoms with Crippen LogP contribution >= 0.6 is 23.2 Å². The highest BCUT2D eigenvalue weighted by Gasteiger charge is 2.47. The van der Waals surface area contributed by atoms with E-state index in [2.05, 4.69) is 0 Å². The van der Waals surface area contributed by atoms with Crippen molar-refractivity contribution in [3.63, 3.8) is 0 Å². The number of ketones is 1. The normalized spacial score (nSPS) is 17.2. The van der Waals surface area contributed by atoms with Crippen molar-refractivity contribution in [2.75, 3.05) is 19.1 Å². The van der Waals surface area contributed by atoms with Crippen LogP contribution in [0, 0.1) is 5.82 Å². The second kappa shape index (κ2) is 9.37. The largest absolute Gasteiger partial charge is 0.507 e. The summed E-state index contributed by atoms with van der Waals surface area (Å²) < 4.78 is 24.2. The number of methoxy groups -OCH3 is 2. The first-order valence-corrected chi connectivity index (χ1v) is 10.8. The lowest BCUT2D eigenvalue weighted by Crippen LogP contribution is -2.29. The zero-order valence-electron chi connectivity index (χ0n) is 18.0. The Hall–Kier alpha value is -3.55. The first-order valence-electron chi connectivity index (χ1n) is 10.0. The van der Waals surface area contributed by atoms with Gasteiger partial charge in [0, 0.05) is 11.3 Å². The van der Waals surface area contributed by atoms with Gasteiger partial charge in [0.2, 0.25) is 0 Å². The van der Waals surface area contributed by atoms with E-state index in [4.69, 9.17) is 32.7 Å². The molecule has 0 aromatic heterocycles. The summed E-state index contributed by atoms with van der Waals surface area (Å²) in [5, 5.41) is 11.2. The van der Waals surface area contributed by atoms with Crippen LogP contribution in [0.4, 0.5) is 10.1 Å². The fourth-order valence-electron chi connectivity index (χ4n) is 3.79. The van der Waals surface area contributed by atoms with Gasteiger partial charge in [-0.25, -0.2) is 4.39 Å². The van der Waals surface area contributed by atoms with E-state index in [0.717, 1.165) is 11.0 Å². The summed E-state index contributed by atoms with van der Waals surface area (Å²) in [6.07, 6.45) is 0. The molecule has 1 heterocycles. The average Bonchev–Trinajstić information content (AvgIpc) is 3.11. The number of aliphatic hydroxyl groups excluding tert-OH is 1. The quantitative estimate of drug-likeness (QED) is 0.272. The van der Waals surface area contributed by atoms with E-state index in [-0.39, 0.29) is 26.9 Å². The summed E-state index contributed by atoms with van der Waals surface area (Å²) in [7, 11) is 2.95. The lowest BCUT2D eigenvalue weighted by molar-refractivity contribution is -0.132. The second-order valence-electron chi connectivity index (χ2n) is 7.39. The van der Waals surface area contributed by atoms with Crippen molar-refractivity contribution in [3.8, 4) is 11.5 Å². The number of hydrogen-bond donors (Lipinski definition) is 1. The number of amides is 1. The molecule has 0 bridgehead atoms. The van der Waals surface area contributed by atoms with Crippen LogP contribution in [-0.2, 0) is 9.59 Å². The Morgan fingerprint density at radius 3 is 2.18 bits per heavy atom. The first kappa shape index (κ1) is 23.6. The van der Waals surface area contributed by atoms with Crippen molar-refractivity contribution in [1.82, 2.24) is 0 Å². The summed E-state index contributed by atoms with van der Waals surface area (Å²) in [6.45, 7) is 0. The third-order valence-corrected chi connectivity index (χ3v) is 6.11. The van der Waals surface area contributed by atoms with Gasteiger partial charge in [-0.05, 0) is 54.1 Å². The van der Waals surface area contributed by atoms with Crippen molar-refractivity contribution in [1.29, 1.82) is 0 Å². The Bertz CT molecular complexity index is 1320. The summed E-state index contributed by atoms with van der Waals surface area (Å²) >= 11 is 12.3. The van der Waals surface area contributed by atoms with E-state index in [0.29, 0.717) is 17.1 Å². The zero-order chi connectivity index (χ0) is 24.6. The lowest BCUT2D eigenvalue weighted by atomic mass is 9.95. The smallest absolute Gasteiger partial charge is 0.300 e. The number of carbonyl (C=O) groups excluding carboxylic acids is 2. The van der Waals surface area contributed by atoms with Crippen molar-refractivity contribution in [2.24, 2.45) is 0 Å². The molecular weight excluding hydrogens is 484 g/mol. The number of Topliss-reactive ketones (excluding diaryl/α,β-unsaturated/α-hetero) is 1. The SMILES string of the molecule is COc1ccc(C2/C(=C(\O)c3cc(OC)ccc3Cl)C(=O)C(=O)N2c2ccc(F)c(Cl)c2)cc1. The molecule has 0 aliphatic carbocycles. The predicted octanol–water partition coefficient (Wildman–Crippen LogP) is 5.78. The van der Waals surface area contributed by atoms with Crippen LogP contribution in [-0.4, -0.2) is 31.0 Å². The fourth-order valence-corrected chi connectivity index (χ4v) is 4.18. The number of anilines is 1. The van der Waals surface area contributed by atoms with Gasteiger partial charge < -0.3 is 14.6 Å². The molecular formula is C25H18Cl2FNO5. The maximum Gasteiger partial charge on any atom is 0.300 e. The van der Waals surface area contributed by atoms with E-state index < -0.39 is 29.3 Å². The number of aliphatic hydroxyl groups is 1. The van der Waals surface area contributed by atoms with Crippen molar-refractivity contribution >= 4 is 46.3 Å². The maximum absolute atomic E-state index is 13.8. The van der Waals surface area contributed by atoms with Gasteiger partial charge in [0.1, 0.15) is 23.1 Å². The van der Waals surface area contributed by atoms with Crippen LogP contribution in [0.2, 0.25) is 10.0 Å². The first-order chi connectivity index (χ1) is 16.3. The minimum absolute atomic E-state index is 0.120. The summed E-state index contributed by atoms with van der Waals surface area (Å²) in [4.78, 5) is 27.5. The molecule has 3 aromatic carbocycles. The molecule has 0 spiro atoms. The Morgan fingerprint density at radius 2 is 1.56 bits per heavy atom. The molecule has 1 atom stereocenters. The molecule has 0 radical (unpaired) electrons. The van der Waals surface area contributed by atoms with E-state index in [1.165, 1.54) is 38.5 Å². The summed E-state index contributed by atoms with van der Waals surface area (Å²) in [5.74, 6) is -2.04. The molecule has 0 saturated carbocycles. The molecule has 1 fully saturated rings. The highest BCUT2D eigenvalue weighted by molar-refractivity contribution is 6.52. The summed E-state index contributed by atoms with van der Waals surface area (Å²) in [6, 6.07) is 13.8. The number of rotatable bonds is 5. The highest BCUT2D eigenvalue weighted by Crippen LogP contribution is 2.44. The van der Waals surface area contributed by atoms with E-state index in [1.807, 2.05) is 0 Å². The maximum atomic E-state index is 13.8. The molecule has 9 heteroatoms. The molecule has 4 rings (SSSR count). The van der Waals surface area contributed by atoms with Gasteiger partial charge in [0.05, 0.1) is 35.9 Å². The Balaban J connectivity index is 1.97. The van der Waals surface area contributed by atoms with Gasteiger partial charge in [-0.1, -0.05) is 35.3 Å². The molecule has 1 amide bonds. The third-order valence-electron chi connectivity index (χ3n) is 5.49. The summed E-state index contributed by atoms with van der Waals surface area (Å²) in [5.41, 5.74) is 0.617. The number of carbonyl (C=O) groups is 2. The van der Waals surface area contributed by atoms with E-state index in [1.54, 1.807) is 30.3 Å². The molecule has 3 aromatic rings. The molecule has 1 N–H and O–H groups in total. The molecule has 174 valence electrons. The molecule has 1 aliphatic rings. The molecule has 1 aliphatic heterocycles.